The molecule has 5 nitrogen and oxygen atoms in total. The largest absolute Gasteiger partial charge is 0.466 e. The summed E-state index contributed by atoms with van der Waals surface area (Å²) < 4.78 is 4.77. The fourth-order valence-electron chi connectivity index (χ4n) is 0.959. The molecule has 0 spiro atoms. The summed E-state index contributed by atoms with van der Waals surface area (Å²) in [5.74, 6) is 0.365. The topological polar surface area (TPSA) is 64.1 Å². The van der Waals surface area contributed by atoms with E-state index in [4.69, 9.17) is 16.3 Å². The number of carbonyl (C=O) groups excluding carboxylic acids is 1. The molecule has 0 bridgehead atoms. The molecule has 1 rings (SSSR count). The Hall–Kier alpha value is -1.36. The molecule has 0 saturated carbocycles. The molecule has 0 fully saturated rings. The number of hydrogen-bond donors (Lipinski definition) is 1. The van der Waals surface area contributed by atoms with E-state index in [0.717, 1.165) is 0 Å². The zero-order chi connectivity index (χ0) is 11.1. The van der Waals surface area contributed by atoms with Crippen molar-refractivity contribution in [3.05, 3.63) is 17.5 Å². The van der Waals surface area contributed by atoms with Crippen LogP contribution in [-0.4, -0.2) is 29.1 Å². The summed E-state index contributed by atoms with van der Waals surface area (Å²) in [6.45, 7) is 2.64. The minimum absolute atomic E-state index is 0.177. The Labute approximate surface area is 92.8 Å². The number of aromatic nitrogens is 2. The van der Waals surface area contributed by atoms with Crippen LogP contribution in [0.25, 0.3) is 0 Å². The van der Waals surface area contributed by atoms with Gasteiger partial charge in [0.2, 0.25) is 5.28 Å². The van der Waals surface area contributed by atoms with Crippen LogP contribution in [0.3, 0.4) is 0 Å². The van der Waals surface area contributed by atoms with E-state index < -0.39 is 0 Å². The minimum atomic E-state index is -0.231. The molecular formula is C9H12ClN3O2. The van der Waals surface area contributed by atoms with Crippen LogP contribution in [0.4, 0.5) is 5.82 Å². The summed E-state index contributed by atoms with van der Waals surface area (Å²) >= 11 is 5.58. The molecule has 1 N–H and O–H groups in total. The van der Waals surface area contributed by atoms with Gasteiger partial charge in [0.1, 0.15) is 5.82 Å². The molecule has 1 heterocycles. The van der Waals surface area contributed by atoms with Gasteiger partial charge in [-0.3, -0.25) is 4.79 Å². The van der Waals surface area contributed by atoms with Gasteiger partial charge in [0, 0.05) is 12.7 Å². The molecule has 82 valence electrons. The lowest BCUT2D eigenvalue weighted by molar-refractivity contribution is -0.142. The molecule has 15 heavy (non-hydrogen) atoms. The van der Waals surface area contributed by atoms with Gasteiger partial charge in [0.15, 0.2) is 0 Å². The fraction of sp³-hybridized carbons (Fsp3) is 0.444. The molecule has 6 heteroatoms. The van der Waals surface area contributed by atoms with Crippen LogP contribution in [0.5, 0.6) is 0 Å². The first-order valence-electron chi connectivity index (χ1n) is 4.60. The molecule has 0 amide bonds. The van der Waals surface area contributed by atoms with E-state index in [2.05, 4.69) is 15.3 Å². The average Bonchev–Trinajstić information content (AvgIpc) is 2.18. The number of hydrogen-bond acceptors (Lipinski definition) is 5. The molecule has 1 aromatic heterocycles. The van der Waals surface area contributed by atoms with Crippen molar-refractivity contribution in [1.82, 2.24) is 9.97 Å². The van der Waals surface area contributed by atoms with Crippen LogP contribution in [0.15, 0.2) is 12.3 Å². The van der Waals surface area contributed by atoms with Gasteiger partial charge in [-0.25, -0.2) is 9.97 Å². The molecule has 0 radical (unpaired) electrons. The Kier molecular flexibility index (Phi) is 4.83. The predicted octanol–water partition coefficient (Wildman–Crippen LogP) is 1.50. The van der Waals surface area contributed by atoms with Crippen LogP contribution in [0.2, 0.25) is 5.28 Å². The van der Waals surface area contributed by atoms with Crippen molar-refractivity contribution in [1.29, 1.82) is 0 Å². The van der Waals surface area contributed by atoms with E-state index in [-0.39, 0.29) is 11.3 Å². The third kappa shape index (κ3) is 4.60. The number of anilines is 1. The Morgan fingerprint density at radius 3 is 3.13 bits per heavy atom. The van der Waals surface area contributed by atoms with Gasteiger partial charge in [-0.2, -0.15) is 0 Å². The highest BCUT2D eigenvalue weighted by Gasteiger charge is 2.01. The first-order chi connectivity index (χ1) is 7.22. The summed E-state index contributed by atoms with van der Waals surface area (Å²) in [7, 11) is 0. The van der Waals surface area contributed by atoms with Crippen molar-refractivity contribution in [2.75, 3.05) is 18.5 Å². The van der Waals surface area contributed by atoms with E-state index in [0.29, 0.717) is 25.4 Å². The lowest BCUT2D eigenvalue weighted by Crippen LogP contribution is -2.12. The monoisotopic (exact) mass is 229 g/mol. The SMILES string of the molecule is CCOC(=O)CCNc1ccnc(Cl)n1. The number of halogens is 1. The summed E-state index contributed by atoms with van der Waals surface area (Å²) in [6.07, 6.45) is 1.84. The quantitative estimate of drug-likeness (QED) is 0.612. The number of nitrogens with zero attached hydrogens (tertiary/aromatic N) is 2. The summed E-state index contributed by atoms with van der Waals surface area (Å²) in [6, 6.07) is 1.68. The van der Waals surface area contributed by atoms with E-state index in [1.54, 1.807) is 19.2 Å². The third-order valence-electron chi connectivity index (χ3n) is 1.57. The lowest BCUT2D eigenvalue weighted by atomic mass is 10.4. The Bertz CT molecular complexity index is 333. The molecule has 0 aromatic carbocycles. The number of esters is 1. The fourth-order valence-corrected chi connectivity index (χ4v) is 1.11. The predicted molar refractivity (Wildman–Crippen MR) is 56.8 cm³/mol. The molecule has 0 aliphatic rings. The minimum Gasteiger partial charge on any atom is -0.466 e. The van der Waals surface area contributed by atoms with Crippen LogP contribution in [-0.2, 0) is 9.53 Å². The zero-order valence-electron chi connectivity index (χ0n) is 8.36. The van der Waals surface area contributed by atoms with Crippen molar-refractivity contribution in [2.24, 2.45) is 0 Å². The van der Waals surface area contributed by atoms with Gasteiger partial charge in [0.25, 0.3) is 0 Å². The molecule has 1 aromatic rings. The lowest BCUT2D eigenvalue weighted by Gasteiger charge is -2.04. The number of rotatable bonds is 5. The molecular weight excluding hydrogens is 218 g/mol. The molecule has 0 unspecified atom stereocenters. The van der Waals surface area contributed by atoms with Crippen molar-refractivity contribution < 1.29 is 9.53 Å². The molecule has 0 atom stereocenters. The first kappa shape index (κ1) is 11.7. The van der Waals surface area contributed by atoms with Crippen LogP contribution < -0.4 is 5.32 Å². The Morgan fingerprint density at radius 1 is 1.67 bits per heavy atom. The molecule has 0 aliphatic heterocycles. The van der Waals surface area contributed by atoms with Gasteiger partial charge in [-0.15, -0.1) is 0 Å². The Balaban J connectivity index is 2.28. The number of ether oxygens (including phenoxy) is 1. The van der Waals surface area contributed by atoms with E-state index in [9.17, 15) is 4.79 Å². The van der Waals surface area contributed by atoms with Gasteiger partial charge in [0.05, 0.1) is 13.0 Å². The van der Waals surface area contributed by atoms with Gasteiger partial charge < -0.3 is 10.1 Å². The van der Waals surface area contributed by atoms with Crippen LogP contribution in [0.1, 0.15) is 13.3 Å². The zero-order valence-corrected chi connectivity index (χ0v) is 9.12. The van der Waals surface area contributed by atoms with Crippen molar-refractivity contribution in [3.63, 3.8) is 0 Å². The number of carbonyl (C=O) groups is 1. The van der Waals surface area contributed by atoms with Gasteiger partial charge >= 0.3 is 5.97 Å². The van der Waals surface area contributed by atoms with E-state index in [1.165, 1.54) is 0 Å². The summed E-state index contributed by atoms with van der Waals surface area (Å²) in [4.78, 5) is 18.6. The van der Waals surface area contributed by atoms with Crippen LogP contribution >= 0.6 is 11.6 Å². The van der Waals surface area contributed by atoms with Crippen molar-refractivity contribution in [2.45, 2.75) is 13.3 Å². The van der Waals surface area contributed by atoms with Gasteiger partial charge in [-0.05, 0) is 24.6 Å². The van der Waals surface area contributed by atoms with E-state index in [1.807, 2.05) is 0 Å². The van der Waals surface area contributed by atoms with Gasteiger partial charge in [-0.1, -0.05) is 0 Å². The van der Waals surface area contributed by atoms with E-state index >= 15 is 0 Å². The third-order valence-corrected chi connectivity index (χ3v) is 1.75. The average molecular weight is 230 g/mol. The Morgan fingerprint density at radius 2 is 2.47 bits per heavy atom. The normalized spacial score (nSPS) is 9.73. The highest BCUT2D eigenvalue weighted by atomic mass is 35.5. The first-order valence-corrected chi connectivity index (χ1v) is 4.98. The highest BCUT2D eigenvalue weighted by Crippen LogP contribution is 2.05. The van der Waals surface area contributed by atoms with Crippen molar-refractivity contribution >= 4 is 23.4 Å². The summed E-state index contributed by atoms with van der Waals surface area (Å²) in [5.41, 5.74) is 0. The molecule has 0 aliphatic carbocycles. The maximum atomic E-state index is 11.0. The summed E-state index contributed by atoms with van der Waals surface area (Å²) in [5, 5.41) is 3.12. The van der Waals surface area contributed by atoms with Crippen molar-refractivity contribution in [3.8, 4) is 0 Å². The smallest absolute Gasteiger partial charge is 0.307 e. The second kappa shape index (κ2) is 6.19. The maximum absolute atomic E-state index is 11.0. The molecule has 0 saturated heterocycles. The standard InChI is InChI=1S/C9H12ClN3O2/c1-2-15-8(14)4-6-11-7-3-5-12-9(10)13-7/h3,5H,2,4,6H2,1H3,(H,11,12,13). The maximum Gasteiger partial charge on any atom is 0.307 e. The number of nitrogens with one attached hydrogen (secondary N) is 1. The van der Waals surface area contributed by atoms with Crippen LogP contribution in [0, 0.1) is 0 Å². The second-order valence-electron chi connectivity index (χ2n) is 2.69. The highest BCUT2D eigenvalue weighted by molar-refractivity contribution is 6.28. The second-order valence-corrected chi connectivity index (χ2v) is 3.03.